The molecule has 5 nitrogen and oxygen atoms in total. The molecule has 1 aromatic rings. The van der Waals surface area contributed by atoms with Crippen LogP contribution in [-0.4, -0.2) is 45.1 Å². The highest BCUT2D eigenvalue weighted by molar-refractivity contribution is 7.89. The standard InChI is InChI=1S/C14H19F3N2O3S/c15-11-2-3-12(14(17)13(11)16)23(20,21)19-7-4-10(5-8-19)22-9-1-6-18/h2-3,10H,1,4-9,18H2. The molecule has 0 aliphatic carbocycles. The molecule has 9 heteroatoms. The van der Waals surface area contributed by atoms with E-state index in [0.29, 0.717) is 32.1 Å². The number of nitrogens with zero attached hydrogens (tertiary/aromatic N) is 1. The van der Waals surface area contributed by atoms with Crippen molar-refractivity contribution >= 4 is 10.0 Å². The zero-order valence-corrected chi connectivity index (χ0v) is 13.3. The van der Waals surface area contributed by atoms with Crippen molar-refractivity contribution in [3.8, 4) is 0 Å². The summed E-state index contributed by atoms with van der Waals surface area (Å²) in [7, 11) is -4.20. The van der Waals surface area contributed by atoms with Gasteiger partial charge in [-0.1, -0.05) is 0 Å². The van der Waals surface area contributed by atoms with Gasteiger partial charge in [-0.25, -0.2) is 21.6 Å². The molecule has 1 aliphatic rings. The Bertz CT molecular complexity index is 647. The molecule has 130 valence electrons. The average molecular weight is 352 g/mol. The van der Waals surface area contributed by atoms with Crippen molar-refractivity contribution in [3.63, 3.8) is 0 Å². The van der Waals surface area contributed by atoms with Gasteiger partial charge in [-0.15, -0.1) is 0 Å². The highest BCUT2D eigenvalue weighted by Crippen LogP contribution is 2.26. The van der Waals surface area contributed by atoms with Crippen LogP contribution in [0.2, 0.25) is 0 Å². The molecule has 1 saturated heterocycles. The number of rotatable bonds is 6. The van der Waals surface area contributed by atoms with E-state index in [9.17, 15) is 21.6 Å². The summed E-state index contributed by atoms with van der Waals surface area (Å²) in [6, 6.07) is 1.35. The largest absolute Gasteiger partial charge is 0.378 e. The molecule has 1 heterocycles. The molecular weight excluding hydrogens is 333 g/mol. The lowest BCUT2D eigenvalue weighted by Gasteiger charge is -2.31. The topological polar surface area (TPSA) is 72.6 Å². The second kappa shape index (κ2) is 7.61. The van der Waals surface area contributed by atoms with Crippen LogP contribution in [0.3, 0.4) is 0 Å². The Morgan fingerprint density at radius 3 is 2.43 bits per heavy atom. The van der Waals surface area contributed by atoms with Crippen LogP contribution in [0.4, 0.5) is 13.2 Å². The highest BCUT2D eigenvalue weighted by atomic mass is 32.2. The maximum absolute atomic E-state index is 13.7. The van der Waals surface area contributed by atoms with E-state index < -0.39 is 32.4 Å². The SMILES string of the molecule is NCCCOC1CCN(S(=O)(=O)c2ccc(F)c(F)c2F)CC1. The van der Waals surface area contributed by atoms with Gasteiger partial charge in [0.15, 0.2) is 17.5 Å². The van der Waals surface area contributed by atoms with Crippen LogP contribution in [0.15, 0.2) is 17.0 Å². The number of hydrogen-bond acceptors (Lipinski definition) is 4. The first-order chi connectivity index (χ1) is 10.9. The minimum absolute atomic E-state index is 0.0807. The van der Waals surface area contributed by atoms with Crippen LogP contribution in [0, 0.1) is 17.5 Å². The van der Waals surface area contributed by atoms with E-state index in [4.69, 9.17) is 10.5 Å². The Morgan fingerprint density at radius 1 is 1.17 bits per heavy atom. The van der Waals surface area contributed by atoms with E-state index in [1.54, 1.807) is 0 Å². The Morgan fingerprint density at radius 2 is 1.83 bits per heavy atom. The van der Waals surface area contributed by atoms with E-state index in [-0.39, 0.29) is 19.2 Å². The first-order valence-corrected chi connectivity index (χ1v) is 8.77. The number of hydrogen-bond donors (Lipinski definition) is 1. The lowest BCUT2D eigenvalue weighted by atomic mass is 10.1. The normalized spacial score (nSPS) is 17.6. The van der Waals surface area contributed by atoms with Gasteiger partial charge in [0.25, 0.3) is 0 Å². The predicted octanol–water partition coefficient (Wildman–Crippen LogP) is 1.62. The Labute approximate surface area is 133 Å². The van der Waals surface area contributed by atoms with Gasteiger partial charge >= 0.3 is 0 Å². The van der Waals surface area contributed by atoms with Gasteiger partial charge in [0.2, 0.25) is 10.0 Å². The van der Waals surface area contributed by atoms with Crippen molar-refractivity contribution in [1.29, 1.82) is 0 Å². The van der Waals surface area contributed by atoms with E-state index in [1.165, 1.54) is 0 Å². The lowest BCUT2D eigenvalue weighted by Crippen LogP contribution is -2.41. The van der Waals surface area contributed by atoms with E-state index in [2.05, 4.69) is 0 Å². The van der Waals surface area contributed by atoms with Gasteiger partial charge in [0.1, 0.15) is 4.90 Å². The maximum atomic E-state index is 13.7. The minimum atomic E-state index is -4.20. The number of piperidine rings is 1. The van der Waals surface area contributed by atoms with Crippen LogP contribution in [-0.2, 0) is 14.8 Å². The molecule has 1 aliphatic heterocycles. The fraction of sp³-hybridized carbons (Fsp3) is 0.571. The third kappa shape index (κ3) is 4.03. The van der Waals surface area contributed by atoms with Gasteiger partial charge in [0, 0.05) is 19.7 Å². The van der Waals surface area contributed by atoms with Crippen molar-refractivity contribution in [2.45, 2.75) is 30.3 Å². The van der Waals surface area contributed by atoms with Gasteiger partial charge in [-0.3, -0.25) is 0 Å². The van der Waals surface area contributed by atoms with Crippen LogP contribution < -0.4 is 5.73 Å². The molecule has 0 amide bonds. The van der Waals surface area contributed by atoms with Crippen LogP contribution in [0.25, 0.3) is 0 Å². The summed E-state index contributed by atoms with van der Waals surface area (Å²) in [5.41, 5.74) is 5.36. The smallest absolute Gasteiger partial charge is 0.246 e. The lowest BCUT2D eigenvalue weighted by molar-refractivity contribution is 0.0208. The first kappa shape index (κ1) is 18.2. The van der Waals surface area contributed by atoms with Gasteiger partial charge in [0.05, 0.1) is 6.10 Å². The predicted molar refractivity (Wildman–Crippen MR) is 77.7 cm³/mol. The fourth-order valence-corrected chi connectivity index (χ4v) is 3.94. The van der Waals surface area contributed by atoms with Gasteiger partial charge in [-0.05, 0) is 37.9 Å². The third-order valence-electron chi connectivity index (χ3n) is 3.72. The molecule has 0 spiro atoms. The molecule has 1 fully saturated rings. The first-order valence-electron chi connectivity index (χ1n) is 7.33. The van der Waals surface area contributed by atoms with Crippen molar-refractivity contribution < 1.29 is 26.3 Å². The zero-order chi connectivity index (χ0) is 17.0. The third-order valence-corrected chi connectivity index (χ3v) is 5.64. The quantitative estimate of drug-likeness (QED) is 0.624. The molecule has 2 rings (SSSR count). The summed E-state index contributed by atoms with van der Waals surface area (Å²) < 4.78 is 71.3. The maximum Gasteiger partial charge on any atom is 0.246 e. The highest BCUT2D eigenvalue weighted by Gasteiger charge is 2.33. The monoisotopic (exact) mass is 352 g/mol. The number of benzene rings is 1. The minimum Gasteiger partial charge on any atom is -0.378 e. The molecule has 0 bridgehead atoms. The molecule has 2 N–H and O–H groups in total. The summed E-state index contributed by atoms with van der Waals surface area (Å²) in [4.78, 5) is -0.848. The fourth-order valence-electron chi connectivity index (χ4n) is 2.42. The van der Waals surface area contributed by atoms with E-state index in [1.807, 2.05) is 0 Å². The molecule has 0 aromatic heterocycles. The van der Waals surface area contributed by atoms with Crippen molar-refractivity contribution in [3.05, 3.63) is 29.6 Å². The Kier molecular flexibility index (Phi) is 6.01. The van der Waals surface area contributed by atoms with Crippen molar-refractivity contribution in [2.75, 3.05) is 26.2 Å². The van der Waals surface area contributed by atoms with Gasteiger partial charge < -0.3 is 10.5 Å². The van der Waals surface area contributed by atoms with Gasteiger partial charge in [-0.2, -0.15) is 4.31 Å². The summed E-state index contributed by atoms with van der Waals surface area (Å²) in [6.07, 6.45) is 1.55. The number of nitrogens with two attached hydrogens (primary N) is 1. The number of halogens is 3. The van der Waals surface area contributed by atoms with Crippen molar-refractivity contribution in [2.24, 2.45) is 5.73 Å². The Balaban J connectivity index is 2.06. The average Bonchev–Trinajstić information content (AvgIpc) is 2.53. The zero-order valence-electron chi connectivity index (χ0n) is 12.5. The number of sulfonamides is 1. The number of ether oxygens (including phenoxy) is 1. The molecule has 23 heavy (non-hydrogen) atoms. The molecule has 0 atom stereocenters. The molecule has 0 radical (unpaired) electrons. The second-order valence-electron chi connectivity index (χ2n) is 5.29. The summed E-state index contributed by atoms with van der Waals surface area (Å²) in [5, 5.41) is 0. The van der Waals surface area contributed by atoms with Crippen LogP contribution in [0.1, 0.15) is 19.3 Å². The summed E-state index contributed by atoms with van der Waals surface area (Å²) in [6.45, 7) is 1.29. The second-order valence-corrected chi connectivity index (χ2v) is 7.20. The van der Waals surface area contributed by atoms with Crippen LogP contribution >= 0.6 is 0 Å². The van der Waals surface area contributed by atoms with E-state index in [0.717, 1.165) is 16.8 Å². The molecule has 1 aromatic carbocycles. The van der Waals surface area contributed by atoms with Crippen LogP contribution in [0.5, 0.6) is 0 Å². The van der Waals surface area contributed by atoms with E-state index >= 15 is 0 Å². The molecular formula is C14H19F3N2O3S. The molecule has 0 saturated carbocycles. The Hall–Kier alpha value is -1.16. The molecule has 0 unspecified atom stereocenters. The summed E-state index contributed by atoms with van der Waals surface area (Å²) in [5.74, 6) is -4.90. The summed E-state index contributed by atoms with van der Waals surface area (Å²) >= 11 is 0. The van der Waals surface area contributed by atoms with Crippen molar-refractivity contribution in [1.82, 2.24) is 4.31 Å².